The predicted octanol–water partition coefficient (Wildman–Crippen LogP) is 3.24. The van der Waals surface area contributed by atoms with Crippen molar-refractivity contribution in [3.8, 4) is 0 Å². The molecule has 1 aromatic carbocycles. The van der Waals surface area contributed by atoms with E-state index < -0.39 is 0 Å². The smallest absolute Gasteiger partial charge is 0.222 e. The fraction of sp³-hybridized carbons (Fsp3) is 0.588. The number of hydrogen-bond donors (Lipinski definition) is 1. The number of nitrogens with two attached hydrogens (primary N) is 1. The first-order valence-corrected chi connectivity index (χ1v) is 7.59. The predicted molar refractivity (Wildman–Crippen MR) is 83.4 cm³/mol. The van der Waals surface area contributed by atoms with E-state index in [9.17, 15) is 4.79 Å². The summed E-state index contributed by atoms with van der Waals surface area (Å²) in [5.41, 5.74) is 8.16. The van der Waals surface area contributed by atoms with Crippen molar-refractivity contribution in [2.75, 3.05) is 18.8 Å². The Morgan fingerprint density at radius 3 is 2.75 bits per heavy atom. The van der Waals surface area contributed by atoms with E-state index in [1.54, 1.807) is 0 Å². The molecule has 20 heavy (non-hydrogen) atoms. The highest BCUT2D eigenvalue weighted by molar-refractivity contribution is 5.76. The van der Waals surface area contributed by atoms with Crippen LogP contribution in [0.15, 0.2) is 24.3 Å². The van der Waals surface area contributed by atoms with Crippen LogP contribution in [0, 0.1) is 5.41 Å². The number of carbonyl (C=O) groups excluding carboxylic acids is 1. The standard InChI is InChI=1S/C17H26N2O/c1-17(2)10-5-12-19(13-11-17)16(20)9-8-14-6-3-4-7-15(14)18/h3-4,6-7H,5,8-13,18H2,1-2H3. The molecule has 3 nitrogen and oxygen atoms in total. The summed E-state index contributed by atoms with van der Waals surface area (Å²) in [5.74, 6) is 0.269. The van der Waals surface area contributed by atoms with Crippen LogP contribution in [-0.2, 0) is 11.2 Å². The van der Waals surface area contributed by atoms with Crippen molar-refractivity contribution in [2.24, 2.45) is 5.41 Å². The van der Waals surface area contributed by atoms with Crippen molar-refractivity contribution < 1.29 is 4.79 Å². The van der Waals surface area contributed by atoms with Crippen LogP contribution in [0.5, 0.6) is 0 Å². The Hall–Kier alpha value is -1.51. The number of hydrogen-bond acceptors (Lipinski definition) is 2. The van der Waals surface area contributed by atoms with Crippen LogP contribution in [0.1, 0.15) is 45.1 Å². The lowest BCUT2D eigenvalue weighted by Crippen LogP contribution is -2.32. The number of aryl methyl sites for hydroxylation is 1. The van der Waals surface area contributed by atoms with Crippen LogP contribution in [0.25, 0.3) is 0 Å². The van der Waals surface area contributed by atoms with E-state index >= 15 is 0 Å². The van der Waals surface area contributed by atoms with Gasteiger partial charge in [0, 0.05) is 25.2 Å². The van der Waals surface area contributed by atoms with Gasteiger partial charge in [-0.05, 0) is 42.7 Å². The van der Waals surface area contributed by atoms with Crippen molar-refractivity contribution >= 4 is 11.6 Å². The largest absolute Gasteiger partial charge is 0.399 e. The zero-order chi connectivity index (χ0) is 14.6. The number of para-hydroxylation sites is 1. The van der Waals surface area contributed by atoms with Crippen LogP contribution >= 0.6 is 0 Å². The maximum absolute atomic E-state index is 12.3. The number of anilines is 1. The molecule has 1 aliphatic heterocycles. The molecule has 0 saturated carbocycles. The Balaban J connectivity index is 1.87. The number of nitrogen functional groups attached to an aromatic ring is 1. The second-order valence-electron chi connectivity index (χ2n) is 6.60. The van der Waals surface area contributed by atoms with E-state index in [4.69, 9.17) is 5.73 Å². The van der Waals surface area contributed by atoms with Crippen LogP contribution < -0.4 is 5.73 Å². The summed E-state index contributed by atoms with van der Waals surface area (Å²) in [7, 11) is 0. The monoisotopic (exact) mass is 274 g/mol. The molecule has 110 valence electrons. The van der Waals surface area contributed by atoms with Crippen LogP contribution in [0.4, 0.5) is 5.69 Å². The number of likely N-dealkylation sites (tertiary alicyclic amines) is 1. The average molecular weight is 274 g/mol. The molecular weight excluding hydrogens is 248 g/mol. The molecule has 0 spiro atoms. The van der Waals surface area contributed by atoms with E-state index in [0.29, 0.717) is 11.8 Å². The maximum atomic E-state index is 12.3. The first-order valence-electron chi connectivity index (χ1n) is 7.59. The molecule has 0 radical (unpaired) electrons. The third-order valence-electron chi connectivity index (χ3n) is 4.36. The average Bonchev–Trinajstić information content (AvgIpc) is 2.58. The second kappa shape index (κ2) is 6.29. The van der Waals surface area contributed by atoms with Crippen molar-refractivity contribution in [1.29, 1.82) is 0 Å². The second-order valence-corrected chi connectivity index (χ2v) is 6.60. The normalized spacial score (nSPS) is 18.6. The third kappa shape index (κ3) is 3.99. The van der Waals surface area contributed by atoms with Gasteiger partial charge in [0.15, 0.2) is 0 Å². The quantitative estimate of drug-likeness (QED) is 0.860. The molecule has 1 aliphatic rings. The summed E-state index contributed by atoms with van der Waals surface area (Å²) in [6.07, 6.45) is 4.74. The fourth-order valence-corrected chi connectivity index (χ4v) is 2.83. The molecule has 1 amide bonds. The Morgan fingerprint density at radius 1 is 1.25 bits per heavy atom. The molecule has 1 heterocycles. The SMILES string of the molecule is CC1(C)CCCN(C(=O)CCc2ccccc2N)CC1. The molecule has 0 unspecified atom stereocenters. The molecule has 2 N–H and O–H groups in total. The topological polar surface area (TPSA) is 46.3 Å². The Morgan fingerprint density at radius 2 is 2.00 bits per heavy atom. The highest BCUT2D eigenvalue weighted by atomic mass is 16.2. The molecule has 1 aromatic rings. The van der Waals surface area contributed by atoms with E-state index in [0.717, 1.165) is 43.6 Å². The summed E-state index contributed by atoms with van der Waals surface area (Å²) in [4.78, 5) is 14.4. The van der Waals surface area contributed by atoms with E-state index in [-0.39, 0.29) is 5.91 Å². The highest BCUT2D eigenvalue weighted by Gasteiger charge is 2.25. The van der Waals surface area contributed by atoms with Gasteiger partial charge in [-0.2, -0.15) is 0 Å². The summed E-state index contributed by atoms with van der Waals surface area (Å²) in [6, 6.07) is 7.81. The van der Waals surface area contributed by atoms with Gasteiger partial charge in [0.25, 0.3) is 0 Å². The van der Waals surface area contributed by atoms with Gasteiger partial charge >= 0.3 is 0 Å². The Bertz CT molecular complexity index is 468. The van der Waals surface area contributed by atoms with Gasteiger partial charge in [0.05, 0.1) is 0 Å². The van der Waals surface area contributed by atoms with Crippen molar-refractivity contribution in [3.63, 3.8) is 0 Å². The fourth-order valence-electron chi connectivity index (χ4n) is 2.83. The lowest BCUT2D eigenvalue weighted by molar-refractivity contribution is -0.131. The van der Waals surface area contributed by atoms with Crippen molar-refractivity contribution in [1.82, 2.24) is 4.90 Å². The van der Waals surface area contributed by atoms with Crippen LogP contribution in [0.2, 0.25) is 0 Å². The van der Waals surface area contributed by atoms with Gasteiger partial charge in [-0.15, -0.1) is 0 Å². The number of carbonyl (C=O) groups is 1. The van der Waals surface area contributed by atoms with Gasteiger partial charge in [0.2, 0.25) is 5.91 Å². The van der Waals surface area contributed by atoms with E-state index in [2.05, 4.69) is 13.8 Å². The molecule has 1 fully saturated rings. The van der Waals surface area contributed by atoms with Gasteiger partial charge in [0.1, 0.15) is 0 Å². The molecule has 0 bridgehead atoms. The minimum atomic E-state index is 0.269. The van der Waals surface area contributed by atoms with Gasteiger partial charge in [-0.25, -0.2) is 0 Å². The molecule has 2 rings (SSSR count). The number of nitrogens with zero attached hydrogens (tertiary/aromatic N) is 1. The van der Waals surface area contributed by atoms with Gasteiger partial charge in [-0.1, -0.05) is 32.0 Å². The number of amides is 1. The van der Waals surface area contributed by atoms with Gasteiger partial charge in [-0.3, -0.25) is 4.79 Å². The summed E-state index contributed by atoms with van der Waals surface area (Å²) in [6.45, 7) is 6.40. The molecule has 0 aliphatic carbocycles. The lowest BCUT2D eigenvalue weighted by atomic mass is 9.85. The molecule has 3 heteroatoms. The van der Waals surface area contributed by atoms with E-state index in [1.807, 2.05) is 29.2 Å². The highest BCUT2D eigenvalue weighted by Crippen LogP contribution is 2.30. The summed E-state index contributed by atoms with van der Waals surface area (Å²) in [5, 5.41) is 0. The third-order valence-corrected chi connectivity index (χ3v) is 4.36. The van der Waals surface area contributed by atoms with Gasteiger partial charge < -0.3 is 10.6 Å². The Kier molecular flexibility index (Phi) is 4.69. The first kappa shape index (κ1) is 14.9. The zero-order valence-electron chi connectivity index (χ0n) is 12.7. The van der Waals surface area contributed by atoms with Crippen molar-refractivity contribution in [2.45, 2.75) is 46.0 Å². The molecular formula is C17H26N2O. The van der Waals surface area contributed by atoms with E-state index in [1.165, 1.54) is 6.42 Å². The number of rotatable bonds is 3. The van der Waals surface area contributed by atoms with Crippen LogP contribution in [-0.4, -0.2) is 23.9 Å². The molecule has 1 saturated heterocycles. The zero-order valence-corrected chi connectivity index (χ0v) is 12.7. The summed E-state index contributed by atoms with van der Waals surface area (Å²) >= 11 is 0. The summed E-state index contributed by atoms with van der Waals surface area (Å²) < 4.78 is 0. The minimum Gasteiger partial charge on any atom is -0.399 e. The van der Waals surface area contributed by atoms with Crippen LogP contribution in [0.3, 0.4) is 0 Å². The maximum Gasteiger partial charge on any atom is 0.222 e. The lowest BCUT2D eigenvalue weighted by Gasteiger charge is -2.23. The minimum absolute atomic E-state index is 0.269. The number of benzene rings is 1. The Labute approximate surface area is 122 Å². The first-order chi connectivity index (χ1) is 9.48. The molecule has 0 atom stereocenters. The van der Waals surface area contributed by atoms with Crippen molar-refractivity contribution in [3.05, 3.63) is 29.8 Å². The molecule has 0 aromatic heterocycles.